The Morgan fingerprint density at radius 2 is 1.83 bits per heavy atom. The highest BCUT2D eigenvalue weighted by molar-refractivity contribution is 6.04. The van der Waals surface area contributed by atoms with Crippen molar-refractivity contribution in [3.8, 4) is 0 Å². The van der Waals surface area contributed by atoms with Crippen molar-refractivity contribution in [1.29, 1.82) is 0 Å². The van der Waals surface area contributed by atoms with Crippen LogP contribution in [0.1, 0.15) is 27.0 Å². The van der Waals surface area contributed by atoms with E-state index in [2.05, 4.69) is 15.6 Å². The Kier molecular flexibility index (Phi) is 5.06. The first-order valence-electron chi connectivity index (χ1n) is 8.89. The van der Waals surface area contributed by atoms with Crippen LogP contribution in [-0.4, -0.2) is 22.0 Å². The molecule has 2 aromatic carbocycles. The van der Waals surface area contributed by atoms with E-state index in [1.165, 1.54) is 23.2 Å². The number of halogens is 4. The number of imidazole rings is 1. The van der Waals surface area contributed by atoms with Gasteiger partial charge in [-0.1, -0.05) is 0 Å². The summed E-state index contributed by atoms with van der Waals surface area (Å²) in [6.45, 7) is 1.33. The fraction of sp³-hybridized carbons (Fsp3) is 0.200. The number of benzene rings is 2. The van der Waals surface area contributed by atoms with Crippen molar-refractivity contribution in [1.82, 2.24) is 14.9 Å². The lowest BCUT2D eigenvalue weighted by molar-refractivity contribution is 0.102. The zero-order chi connectivity index (χ0) is 20.5. The number of nitrogens with zero attached hydrogens (tertiary/aromatic N) is 2. The van der Waals surface area contributed by atoms with E-state index >= 15 is 0 Å². The lowest BCUT2D eigenvalue weighted by Gasteiger charge is -2.18. The lowest BCUT2D eigenvalue weighted by atomic mass is 9.97. The normalized spacial score (nSPS) is 13.2. The fourth-order valence-corrected chi connectivity index (χ4v) is 3.28. The highest BCUT2D eigenvalue weighted by Crippen LogP contribution is 2.20. The summed E-state index contributed by atoms with van der Waals surface area (Å²) in [5.41, 5.74) is 1.85. The number of amides is 1. The molecule has 0 aliphatic carbocycles. The Morgan fingerprint density at radius 1 is 1.07 bits per heavy atom. The average molecular weight is 404 g/mol. The Labute approximate surface area is 163 Å². The van der Waals surface area contributed by atoms with Crippen molar-refractivity contribution < 1.29 is 22.4 Å². The molecule has 0 spiro atoms. The van der Waals surface area contributed by atoms with Crippen molar-refractivity contribution in [2.24, 2.45) is 0 Å². The standard InChI is InChI=1S/C20H16F4N4O/c21-15-6-13-7-25-2-1-12(13)5-14(15)20(29)27-18-9-28(10-26-18)8-11-3-16(22)19(24)17(23)4-11/h3-6,9-10,25H,1-2,7-8H2,(H,27,29). The molecule has 0 fully saturated rings. The zero-order valence-electron chi connectivity index (χ0n) is 15.1. The van der Waals surface area contributed by atoms with Crippen molar-refractivity contribution >= 4 is 11.7 Å². The first-order chi connectivity index (χ1) is 13.9. The highest BCUT2D eigenvalue weighted by atomic mass is 19.2. The summed E-state index contributed by atoms with van der Waals surface area (Å²) in [4.78, 5) is 16.5. The largest absolute Gasteiger partial charge is 0.331 e. The third-order valence-corrected chi connectivity index (χ3v) is 4.70. The van der Waals surface area contributed by atoms with Gasteiger partial charge in [0.25, 0.3) is 5.91 Å². The third kappa shape index (κ3) is 4.00. The van der Waals surface area contributed by atoms with Gasteiger partial charge in [0, 0.05) is 19.3 Å². The third-order valence-electron chi connectivity index (χ3n) is 4.70. The second-order valence-corrected chi connectivity index (χ2v) is 6.79. The lowest BCUT2D eigenvalue weighted by Crippen LogP contribution is -2.25. The zero-order valence-corrected chi connectivity index (χ0v) is 15.1. The molecule has 0 saturated carbocycles. The maximum atomic E-state index is 14.3. The van der Waals surface area contributed by atoms with E-state index in [4.69, 9.17) is 0 Å². The number of hydrogen-bond donors (Lipinski definition) is 2. The molecule has 3 aromatic rings. The summed E-state index contributed by atoms with van der Waals surface area (Å²) in [5.74, 6) is -5.22. The second-order valence-electron chi connectivity index (χ2n) is 6.79. The summed E-state index contributed by atoms with van der Waals surface area (Å²) in [6.07, 6.45) is 3.47. The molecule has 9 heteroatoms. The van der Waals surface area contributed by atoms with Gasteiger partial charge in [-0.15, -0.1) is 0 Å². The van der Waals surface area contributed by atoms with Gasteiger partial charge < -0.3 is 15.2 Å². The van der Waals surface area contributed by atoms with Gasteiger partial charge >= 0.3 is 0 Å². The second kappa shape index (κ2) is 7.67. The van der Waals surface area contributed by atoms with E-state index in [-0.39, 0.29) is 23.5 Å². The Morgan fingerprint density at radius 3 is 2.59 bits per heavy atom. The van der Waals surface area contributed by atoms with Crippen molar-refractivity contribution in [3.63, 3.8) is 0 Å². The van der Waals surface area contributed by atoms with Gasteiger partial charge in [-0.3, -0.25) is 4.79 Å². The highest BCUT2D eigenvalue weighted by Gasteiger charge is 2.18. The van der Waals surface area contributed by atoms with Gasteiger partial charge in [0.15, 0.2) is 23.3 Å². The minimum Gasteiger partial charge on any atom is -0.331 e. The maximum Gasteiger partial charge on any atom is 0.259 e. The summed E-state index contributed by atoms with van der Waals surface area (Å²) in [6, 6.07) is 4.66. The smallest absolute Gasteiger partial charge is 0.259 e. The molecule has 0 atom stereocenters. The molecule has 2 heterocycles. The van der Waals surface area contributed by atoms with E-state index in [0.717, 1.165) is 29.8 Å². The molecule has 0 radical (unpaired) electrons. The van der Waals surface area contributed by atoms with Crippen LogP contribution in [0.3, 0.4) is 0 Å². The molecule has 150 valence electrons. The predicted molar refractivity (Wildman–Crippen MR) is 97.4 cm³/mol. The number of anilines is 1. The number of nitrogens with one attached hydrogen (secondary N) is 2. The van der Waals surface area contributed by atoms with Crippen LogP contribution in [0.4, 0.5) is 23.4 Å². The van der Waals surface area contributed by atoms with E-state index in [9.17, 15) is 22.4 Å². The van der Waals surface area contributed by atoms with Crippen LogP contribution in [0.25, 0.3) is 0 Å². The van der Waals surface area contributed by atoms with E-state index in [0.29, 0.717) is 13.0 Å². The average Bonchev–Trinajstić information content (AvgIpc) is 3.12. The van der Waals surface area contributed by atoms with Crippen LogP contribution in [0.5, 0.6) is 0 Å². The van der Waals surface area contributed by atoms with Crippen molar-refractivity contribution in [2.75, 3.05) is 11.9 Å². The topological polar surface area (TPSA) is 59.0 Å². The van der Waals surface area contributed by atoms with Crippen LogP contribution in [-0.2, 0) is 19.5 Å². The molecule has 1 aliphatic heterocycles. The number of carbonyl (C=O) groups excluding carboxylic acids is 1. The number of fused-ring (bicyclic) bond motifs is 1. The number of aromatic nitrogens is 2. The van der Waals surface area contributed by atoms with Crippen LogP contribution >= 0.6 is 0 Å². The van der Waals surface area contributed by atoms with Crippen LogP contribution in [0.2, 0.25) is 0 Å². The molecule has 0 bridgehead atoms. The van der Waals surface area contributed by atoms with Gasteiger partial charge in [-0.2, -0.15) is 0 Å². The van der Waals surface area contributed by atoms with E-state index < -0.39 is 29.2 Å². The molecule has 0 saturated heterocycles. The summed E-state index contributed by atoms with van der Waals surface area (Å²) >= 11 is 0. The molecule has 1 amide bonds. The van der Waals surface area contributed by atoms with Gasteiger partial charge in [0.2, 0.25) is 0 Å². The quantitative estimate of drug-likeness (QED) is 0.518. The van der Waals surface area contributed by atoms with Gasteiger partial charge in [-0.25, -0.2) is 22.5 Å². The summed E-state index contributed by atoms with van der Waals surface area (Å²) < 4.78 is 55.5. The predicted octanol–water partition coefficient (Wildman–Crippen LogP) is 3.39. The fourth-order valence-electron chi connectivity index (χ4n) is 3.28. The molecule has 1 aromatic heterocycles. The molecular formula is C20H16F4N4O. The van der Waals surface area contributed by atoms with Crippen molar-refractivity contribution in [2.45, 2.75) is 19.5 Å². The Bertz CT molecular complexity index is 1070. The minimum atomic E-state index is -1.53. The van der Waals surface area contributed by atoms with E-state index in [1.54, 1.807) is 6.07 Å². The summed E-state index contributed by atoms with van der Waals surface area (Å²) in [5, 5.41) is 5.65. The number of rotatable bonds is 4. The molecule has 29 heavy (non-hydrogen) atoms. The summed E-state index contributed by atoms with van der Waals surface area (Å²) in [7, 11) is 0. The van der Waals surface area contributed by atoms with Crippen LogP contribution in [0.15, 0.2) is 36.8 Å². The Balaban J connectivity index is 1.49. The molecule has 1 aliphatic rings. The maximum absolute atomic E-state index is 14.3. The monoisotopic (exact) mass is 404 g/mol. The van der Waals surface area contributed by atoms with Gasteiger partial charge in [0.05, 0.1) is 11.9 Å². The molecule has 5 nitrogen and oxygen atoms in total. The van der Waals surface area contributed by atoms with Gasteiger partial charge in [-0.05, 0) is 53.9 Å². The van der Waals surface area contributed by atoms with Crippen molar-refractivity contribution in [3.05, 3.63) is 82.3 Å². The number of carbonyl (C=O) groups is 1. The minimum absolute atomic E-state index is 0.0111. The Hall–Kier alpha value is -3.20. The van der Waals surface area contributed by atoms with E-state index in [1.807, 2.05) is 0 Å². The first-order valence-corrected chi connectivity index (χ1v) is 8.89. The van der Waals surface area contributed by atoms with Gasteiger partial charge in [0.1, 0.15) is 5.82 Å². The molecule has 4 rings (SSSR count). The SMILES string of the molecule is O=C(Nc1cn(Cc2cc(F)c(F)c(F)c2)cn1)c1cc2c(cc1F)CNCC2. The molecule has 2 N–H and O–H groups in total. The molecular weight excluding hydrogens is 388 g/mol. The van der Waals surface area contributed by atoms with Crippen LogP contribution < -0.4 is 10.6 Å². The first kappa shape index (κ1) is 19.1. The number of hydrogen-bond acceptors (Lipinski definition) is 3. The van der Waals surface area contributed by atoms with Crippen LogP contribution in [0, 0.1) is 23.3 Å². The molecule has 0 unspecified atom stereocenters.